The number of hydrogen-bond acceptors (Lipinski definition) is 3. The van der Waals surface area contributed by atoms with Crippen molar-refractivity contribution >= 4 is 23.3 Å². The second-order valence-electron chi connectivity index (χ2n) is 6.82. The van der Waals surface area contributed by atoms with E-state index in [-0.39, 0.29) is 37.7 Å². The molecule has 2 N–H and O–H groups in total. The number of benzene rings is 2. The third-order valence-corrected chi connectivity index (χ3v) is 4.56. The van der Waals surface area contributed by atoms with Gasteiger partial charge in [0.25, 0.3) is 5.91 Å². The quantitative estimate of drug-likeness (QED) is 0.643. The lowest BCUT2D eigenvalue weighted by Gasteiger charge is -2.28. The summed E-state index contributed by atoms with van der Waals surface area (Å²) in [4.78, 5) is 25.9. The van der Waals surface area contributed by atoms with E-state index in [9.17, 15) is 35.9 Å². The van der Waals surface area contributed by atoms with Crippen molar-refractivity contribution in [2.24, 2.45) is 0 Å². The number of alkyl halides is 6. The Morgan fingerprint density at radius 1 is 0.844 bits per heavy atom. The van der Waals surface area contributed by atoms with Crippen molar-refractivity contribution in [3.63, 3.8) is 0 Å². The van der Waals surface area contributed by atoms with Crippen LogP contribution in [0.15, 0.2) is 42.5 Å². The number of carbonyl (C=O) groups excluding carboxylic acids is 2. The maximum absolute atomic E-state index is 13.6. The van der Waals surface area contributed by atoms with E-state index in [1.165, 1.54) is 11.0 Å². The van der Waals surface area contributed by atoms with Crippen molar-refractivity contribution in [3.8, 4) is 0 Å². The largest absolute Gasteiger partial charge is 0.417 e. The van der Waals surface area contributed by atoms with Gasteiger partial charge in [0.05, 0.1) is 29.9 Å². The van der Waals surface area contributed by atoms with Gasteiger partial charge in [-0.15, -0.1) is 0 Å². The lowest BCUT2D eigenvalue weighted by molar-refractivity contribution is -0.138. The maximum Gasteiger partial charge on any atom is 0.417 e. The molecule has 0 radical (unpaired) electrons. The van der Waals surface area contributed by atoms with Crippen LogP contribution in [-0.2, 0) is 17.1 Å². The Morgan fingerprint density at radius 3 is 2.06 bits per heavy atom. The first-order chi connectivity index (χ1) is 14.9. The highest BCUT2D eigenvalue weighted by Crippen LogP contribution is 2.35. The lowest BCUT2D eigenvalue weighted by atomic mass is 10.0. The summed E-state index contributed by atoms with van der Waals surface area (Å²) in [7, 11) is 0. The van der Waals surface area contributed by atoms with Gasteiger partial charge < -0.3 is 20.3 Å². The third kappa shape index (κ3) is 5.69. The molecule has 3 amide bonds. The number of urea groups is 1. The van der Waals surface area contributed by atoms with Crippen molar-refractivity contribution in [1.82, 2.24) is 4.90 Å². The van der Waals surface area contributed by atoms with Gasteiger partial charge >= 0.3 is 18.4 Å². The molecule has 1 saturated heterocycles. The Bertz CT molecular complexity index is 1000. The van der Waals surface area contributed by atoms with Crippen molar-refractivity contribution in [1.29, 1.82) is 0 Å². The number of hydrogen-bond donors (Lipinski definition) is 2. The normalized spacial score (nSPS) is 14.8. The molecule has 2 aromatic carbocycles. The fourth-order valence-electron chi connectivity index (χ4n) is 3.05. The van der Waals surface area contributed by atoms with E-state index in [0.29, 0.717) is 12.1 Å². The summed E-state index contributed by atoms with van der Waals surface area (Å²) >= 11 is 0. The van der Waals surface area contributed by atoms with E-state index >= 15 is 0 Å². The van der Waals surface area contributed by atoms with Crippen molar-refractivity contribution in [3.05, 3.63) is 59.2 Å². The van der Waals surface area contributed by atoms with Crippen molar-refractivity contribution in [2.75, 3.05) is 36.9 Å². The van der Waals surface area contributed by atoms with Crippen LogP contribution in [0.5, 0.6) is 0 Å². The van der Waals surface area contributed by atoms with Gasteiger partial charge in [-0.3, -0.25) is 4.79 Å². The molecule has 3 rings (SSSR count). The van der Waals surface area contributed by atoms with E-state index in [0.717, 1.165) is 24.3 Å². The molecule has 1 heterocycles. The van der Waals surface area contributed by atoms with Crippen LogP contribution >= 0.6 is 0 Å². The van der Waals surface area contributed by atoms with E-state index in [1.54, 1.807) is 0 Å². The van der Waals surface area contributed by atoms with Crippen LogP contribution in [0, 0.1) is 0 Å². The second-order valence-corrected chi connectivity index (χ2v) is 6.82. The van der Waals surface area contributed by atoms with E-state index < -0.39 is 41.0 Å². The Hall–Kier alpha value is -3.28. The molecule has 6 nitrogen and oxygen atoms in total. The van der Waals surface area contributed by atoms with Crippen molar-refractivity contribution < 1.29 is 40.7 Å². The standard InChI is InChI=1S/C20H17F6N3O3/c21-19(22,23)12-2-1-3-13(10-12)27-18(31)28-14-4-5-15(16(11-14)20(24,25)26)17(30)29-6-8-32-9-7-29/h1-5,10-11H,6-9H2,(H2,27,28,31). The molecule has 0 unspecified atom stereocenters. The summed E-state index contributed by atoms with van der Waals surface area (Å²) in [5, 5.41) is 4.26. The molecular formula is C20H17F6N3O3. The van der Waals surface area contributed by atoms with Gasteiger partial charge in [0.2, 0.25) is 0 Å². The molecule has 1 aliphatic heterocycles. The van der Waals surface area contributed by atoms with E-state index in [1.807, 2.05) is 0 Å². The molecule has 0 aliphatic carbocycles. The van der Waals surface area contributed by atoms with Gasteiger partial charge in [-0.1, -0.05) is 6.07 Å². The molecule has 0 spiro atoms. The van der Waals surface area contributed by atoms with Gasteiger partial charge in [0.15, 0.2) is 0 Å². The van der Waals surface area contributed by atoms with Crippen LogP contribution in [-0.4, -0.2) is 43.1 Å². The van der Waals surface area contributed by atoms with Crippen LogP contribution in [0.4, 0.5) is 42.5 Å². The lowest BCUT2D eigenvalue weighted by Crippen LogP contribution is -2.41. The fourth-order valence-corrected chi connectivity index (χ4v) is 3.05. The van der Waals surface area contributed by atoms with E-state index in [4.69, 9.17) is 4.74 Å². The molecule has 1 fully saturated rings. The summed E-state index contributed by atoms with van der Waals surface area (Å²) in [5.74, 6) is -0.819. The Morgan fingerprint density at radius 2 is 1.47 bits per heavy atom. The average Bonchev–Trinajstić information content (AvgIpc) is 2.73. The smallest absolute Gasteiger partial charge is 0.378 e. The first-order valence-electron chi connectivity index (χ1n) is 9.28. The Labute approximate surface area is 178 Å². The number of rotatable bonds is 3. The highest BCUT2D eigenvalue weighted by molar-refractivity contribution is 6.01. The van der Waals surface area contributed by atoms with Crippen LogP contribution in [0.1, 0.15) is 21.5 Å². The summed E-state index contributed by atoms with van der Waals surface area (Å²) in [5.41, 5.74) is -3.32. The molecule has 172 valence electrons. The number of anilines is 2. The molecule has 2 aromatic rings. The van der Waals surface area contributed by atoms with Crippen LogP contribution in [0.25, 0.3) is 0 Å². The zero-order valence-electron chi connectivity index (χ0n) is 16.3. The molecule has 0 bridgehead atoms. The first kappa shape index (κ1) is 23.4. The van der Waals surface area contributed by atoms with Crippen molar-refractivity contribution in [2.45, 2.75) is 12.4 Å². The average molecular weight is 461 g/mol. The van der Waals surface area contributed by atoms with Crippen LogP contribution in [0.2, 0.25) is 0 Å². The predicted octanol–water partition coefficient (Wildman–Crippen LogP) is 4.84. The van der Waals surface area contributed by atoms with Gasteiger partial charge in [-0.25, -0.2) is 4.79 Å². The number of halogens is 6. The van der Waals surface area contributed by atoms with Gasteiger partial charge in [0.1, 0.15) is 0 Å². The minimum Gasteiger partial charge on any atom is -0.378 e. The summed E-state index contributed by atoms with van der Waals surface area (Å²) < 4.78 is 84.1. The summed E-state index contributed by atoms with van der Waals surface area (Å²) in [6, 6.07) is 5.36. The predicted molar refractivity (Wildman–Crippen MR) is 102 cm³/mol. The Kier molecular flexibility index (Phi) is 6.63. The second kappa shape index (κ2) is 9.07. The molecule has 1 aliphatic rings. The van der Waals surface area contributed by atoms with Gasteiger partial charge in [-0.05, 0) is 36.4 Å². The van der Waals surface area contributed by atoms with Gasteiger partial charge in [-0.2, -0.15) is 26.3 Å². The summed E-state index contributed by atoms with van der Waals surface area (Å²) in [6.45, 7) is 0.718. The molecular weight excluding hydrogens is 444 g/mol. The minimum atomic E-state index is -4.88. The zero-order valence-corrected chi connectivity index (χ0v) is 16.3. The number of amides is 3. The molecule has 32 heavy (non-hydrogen) atoms. The highest BCUT2D eigenvalue weighted by Gasteiger charge is 2.37. The van der Waals surface area contributed by atoms with Crippen LogP contribution in [0.3, 0.4) is 0 Å². The monoisotopic (exact) mass is 461 g/mol. The Balaban J connectivity index is 1.78. The third-order valence-electron chi connectivity index (χ3n) is 4.56. The molecule has 0 saturated carbocycles. The summed E-state index contributed by atoms with van der Waals surface area (Å²) in [6.07, 6.45) is -9.51. The first-order valence-corrected chi connectivity index (χ1v) is 9.28. The molecule has 0 atom stereocenters. The molecule has 0 aromatic heterocycles. The zero-order chi connectivity index (χ0) is 23.5. The van der Waals surface area contributed by atoms with Gasteiger partial charge in [0, 0.05) is 24.5 Å². The minimum absolute atomic E-state index is 0.148. The number of morpholine rings is 1. The molecule has 12 heteroatoms. The maximum atomic E-state index is 13.6. The number of nitrogens with zero attached hydrogens (tertiary/aromatic N) is 1. The SMILES string of the molecule is O=C(Nc1cccc(C(F)(F)F)c1)Nc1ccc(C(=O)N2CCOCC2)c(C(F)(F)F)c1. The topological polar surface area (TPSA) is 70.7 Å². The van der Waals surface area contributed by atoms with Crippen LogP contribution < -0.4 is 10.6 Å². The number of carbonyl (C=O) groups is 2. The van der Waals surface area contributed by atoms with E-state index in [2.05, 4.69) is 10.6 Å². The number of nitrogens with one attached hydrogen (secondary N) is 2. The highest BCUT2D eigenvalue weighted by atomic mass is 19.4. The number of ether oxygens (including phenoxy) is 1. The fraction of sp³-hybridized carbons (Fsp3) is 0.300.